The summed E-state index contributed by atoms with van der Waals surface area (Å²) in [4.78, 5) is 24.3. The molecule has 0 fully saturated rings. The molecule has 22 heavy (non-hydrogen) atoms. The zero-order chi connectivity index (χ0) is 15.9. The summed E-state index contributed by atoms with van der Waals surface area (Å²) >= 11 is 5.74. The smallest absolute Gasteiger partial charge is 0.269 e. The Kier molecular flexibility index (Phi) is 3.50. The molecule has 0 saturated carbocycles. The lowest BCUT2D eigenvalue weighted by Gasteiger charge is -2.14. The molecule has 1 heterocycles. The second kappa shape index (κ2) is 5.23. The van der Waals surface area contributed by atoms with Crippen LogP contribution in [0.15, 0.2) is 53.4 Å². The van der Waals surface area contributed by atoms with Gasteiger partial charge in [0.05, 0.1) is 5.56 Å². The number of hydrogen-bond acceptors (Lipinski definition) is 4. The fraction of sp³-hybridized carbons (Fsp3) is 0.0667. The molecule has 0 radical (unpaired) electrons. The van der Waals surface area contributed by atoms with E-state index in [9.17, 15) is 18.0 Å². The summed E-state index contributed by atoms with van der Waals surface area (Å²) < 4.78 is 25.3. The summed E-state index contributed by atoms with van der Waals surface area (Å²) in [6.45, 7) is -0.530. The van der Waals surface area contributed by atoms with Crippen LogP contribution in [0.1, 0.15) is 20.7 Å². The van der Waals surface area contributed by atoms with Gasteiger partial charge >= 0.3 is 0 Å². The zero-order valence-corrected chi connectivity index (χ0v) is 12.8. The van der Waals surface area contributed by atoms with E-state index in [1.54, 1.807) is 6.07 Å². The molecular weight excluding hydrogens is 326 g/mol. The van der Waals surface area contributed by atoms with E-state index in [-0.39, 0.29) is 10.5 Å². The van der Waals surface area contributed by atoms with Gasteiger partial charge in [-0.25, -0.2) is 12.7 Å². The summed E-state index contributed by atoms with van der Waals surface area (Å²) in [5.41, 5.74) is 0.384. The van der Waals surface area contributed by atoms with Crippen molar-refractivity contribution in [3.63, 3.8) is 0 Å². The van der Waals surface area contributed by atoms with Gasteiger partial charge in [-0.3, -0.25) is 9.59 Å². The first-order valence-corrected chi connectivity index (χ1v) is 8.18. The maximum Gasteiger partial charge on any atom is 0.269 e. The first-order valence-electron chi connectivity index (χ1n) is 6.36. The van der Waals surface area contributed by atoms with Crippen molar-refractivity contribution in [2.75, 3.05) is 6.54 Å². The van der Waals surface area contributed by atoms with E-state index < -0.39 is 28.3 Å². The van der Waals surface area contributed by atoms with Gasteiger partial charge < -0.3 is 0 Å². The molecule has 0 spiro atoms. The molecule has 0 N–H and O–H groups in total. The topological polar surface area (TPSA) is 71.5 Å². The van der Waals surface area contributed by atoms with E-state index in [1.165, 1.54) is 42.5 Å². The van der Waals surface area contributed by atoms with Crippen molar-refractivity contribution in [3.05, 3.63) is 64.7 Å². The second-order valence-corrected chi connectivity index (χ2v) is 7.01. The number of rotatable bonds is 3. The summed E-state index contributed by atoms with van der Waals surface area (Å²) in [6, 6.07) is 12.0. The quantitative estimate of drug-likeness (QED) is 0.807. The monoisotopic (exact) mass is 335 g/mol. The number of sulfonamides is 1. The molecular formula is C15H10ClNO4S. The SMILES string of the molecule is O=C(CN1C(=O)c2ccccc2S1(=O)=O)c1ccc(Cl)cc1. The van der Waals surface area contributed by atoms with Crippen molar-refractivity contribution >= 4 is 33.3 Å². The van der Waals surface area contributed by atoms with Crippen LogP contribution in [0.4, 0.5) is 0 Å². The predicted molar refractivity (Wildman–Crippen MR) is 80.4 cm³/mol. The van der Waals surface area contributed by atoms with Gasteiger partial charge in [-0.1, -0.05) is 23.7 Å². The highest BCUT2D eigenvalue weighted by Crippen LogP contribution is 2.29. The minimum absolute atomic E-state index is 0.0658. The standard InChI is InChI=1S/C15H10ClNO4S/c16-11-7-5-10(6-8-11)13(18)9-17-15(19)12-3-1-2-4-14(12)22(17,20)21/h1-8H,9H2. The van der Waals surface area contributed by atoms with E-state index in [2.05, 4.69) is 0 Å². The maximum atomic E-state index is 12.3. The number of hydrogen-bond donors (Lipinski definition) is 0. The number of carbonyl (C=O) groups is 2. The van der Waals surface area contributed by atoms with Crippen LogP contribution in [0.2, 0.25) is 5.02 Å². The van der Waals surface area contributed by atoms with Crippen LogP contribution in [0.5, 0.6) is 0 Å². The molecule has 0 unspecified atom stereocenters. The Hall–Kier alpha value is -2.18. The fourth-order valence-electron chi connectivity index (χ4n) is 2.24. The lowest BCUT2D eigenvalue weighted by molar-refractivity contribution is 0.0820. The van der Waals surface area contributed by atoms with Gasteiger partial charge in [0.2, 0.25) is 0 Å². The van der Waals surface area contributed by atoms with Crippen molar-refractivity contribution in [2.45, 2.75) is 4.90 Å². The average Bonchev–Trinajstić information content (AvgIpc) is 2.69. The minimum Gasteiger partial charge on any atom is -0.292 e. The lowest BCUT2D eigenvalue weighted by atomic mass is 10.1. The summed E-state index contributed by atoms with van der Waals surface area (Å²) in [5, 5.41) is 0.467. The van der Waals surface area contributed by atoms with Gasteiger partial charge in [0.25, 0.3) is 15.9 Å². The number of ketones is 1. The summed E-state index contributed by atoms with van der Waals surface area (Å²) in [6.07, 6.45) is 0. The Bertz CT molecular complexity index is 875. The number of amides is 1. The second-order valence-electron chi connectivity index (χ2n) is 4.74. The highest BCUT2D eigenvalue weighted by atomic mass is 35.5. The van der Waals surface area contributed by atoms with E-state index in [4.69, 9.17) is 11.6 Å². The first kappa shape index (κ1) is 14.7. The lowest BCUT2D eigenvalue weighted by Crippen LogP contribution is -2.35. The molecule has 1 aliphatic heterocycles. The van der Waals surface area contributed by atoms with E-state index in [0.29, 0.717) is 14.9 Å². The predicted octanol–water partition coefficient (Wildman–Crippen LogP) is 2.37. The molecule has 0 saturated heterocycles. The molecule has 0 aliphatic carbocycles. The van der Waals surface area contributed by atoms with Crippen LogP contribution < -0.4 is 0 Å². The van der Waals surface area contributed by atoms with E-state index >= 15 is 0 Å². The van der Waals surface area contributed by atoms with Crippen molar-refractivity contribution in [1.29, 1.82) is 0 Å². The molecule has 0 atom stereocenters. The van der Waals surface area contributed by atoms with Crippen molar-refractivity contribution in [2.24, 2.45) is 0 Å². The third-order valence-electron chi connectivity index (χ3n) is 3.37. The summed E-state index contributed by atoms with van der Waals surface area (Å²) in [5.74, 6) is -1.15. The molecule has 2 aromatic carbocycles. The van der Waals surface area contributed by atoms with Crippen molar-refractivity contribution < 1.29 is 18.0 Å². The van der Waals surface area contributed by atoms with Crippen LogP contribution >= 0.6 is 11.6 Å². The Labute approximate surface area is 132 Å². The van der Waals surface area contributed by atoms with Gasteiger partial charge in [0.15, 0.2) is 5.78 Å². The van der Waals surface area contributed by atoms with Crippen LogP contribution in [-0.4, -0.2) is 31.0 Å². The molecule has 112 valence electrons. The van der Waals surface area contributed by atoms with Crippen LogP contribution in [-0.2, 0) is 10.0 Å². The largest absolute Gasteiger partial charge is 0.292 e. The molecule has 2 aromatic rings. The van der Waals surface area contributed by atoms with Gasteiger partial charge in [0, 0.05) is 10.6 Å². The molecule has 0 aromatic heterocycles. The van der Waals surface area contributed by atoms with Gasteiger partial charge in [0.1, 0.15) is 11.4 Å². The highest BCUT2D eigenvalue weighted by molar-refractivity contribution is 7.90. The fourth-order valence-corrected chi connectivity index (χ4v) is 3.90. The van der Waals surface area contributed by atoms with Crippen LogP contribution in [0.3, 0.4) is 0 Å². The Morgan fingerprint density at radius 2 is 1.68 bits per heavy atom. The average molecular weight is 336 g/mol. The van der Waals surface area contributed by atoms with Gasteiger partial charge in [-0.15, -0.1) is 0 Å². The molecule has 5 nitrogen and oxygen atoms in total. The van der Waals surface area contributed by atoms with Crippen LogP contribution in [0, 0.1) is 0 Å². The summed E-state index contributed by atoms with van der Waals surface area (Å²) in [7, 11) is -3.97. The highest BCUT2D eigenvalue weighted by Gasteiger charge is 2.41. The van der Waals surface area contributed by atoms with E-state index in [0.717, 1.165) is 0 Å². The number of fused-ring (bicyclic) bond motifs is 1. The number of carbonyl (C=O) groups excluding carboxylic acids is 2. The third kappa shape index (κ3) is 2.30. The van der Waals surface area contributed by atoms with Gasteiger partial charge in [-0.2, -0.15) is 0 Å². The normalized spacial score (nSPS) is 15.7. The molecule has 1 amide bonds. The first-order chi connectivity index (χ1) is 10.4. The third-order valence-corrected chi connectivity index (χ3v) is 5.40. The minimum atomic E-state index is -3.97. The number of benzene rings is 2. The van der Waals surface area contributed by atoms with Crippen LogP contribution in [0.25, 0.3) is 0 Å². The Balaban J connectivity index is 1.92. The Morgan fingerprint density at radius 1 is 1.05 bits per heavy atom. The van der Waals surface area contributed by atoms with Crippen molar-refractivity contribution in [3.8, 4) is 0 Å². The van der Waals surface area contributed by atoms with Crippen molar-refractivity contribution in [1.82, 2.24) is 4.31 Å². The number of halogens is 1. The van der Waals surface area contributed by atoms with Gasteiger partial charge in [-0.05, 0) is 36.4 Å². The molecule has 1 aliphatic rings. The maximum absolute atomic E-state index is 12.3. The molecule has 3 rings (SSSR count). The molecule has 7 heteroatoms. The number of Topliss-reactive ketones (excluding diaryl/α,β-unsaturated/α-hetero) is 1. The Morgan fingerprint density at radius 3 is 2.32 bits per heavy atom. The zero-order valence-electron chi connectivity index (χ0n) is 11.2. The number of nitrogens with zero attached hydrogens (tertiary/aromatic N) is 1. The molecule has 0 bridgehead atoms. The van der Waals surface area contributed by atoms with E-state index in [1.807, 2.05) is 0 Å².